The fourth-order valence-corrected chi connectivity index (χ4v) is 14.2. The summed E-state index contributed by atoms with van der Waals surface area (Å²) in [6.07, 6.45) is 0. The second-order valence-electron chi connectivity index (χ2n) is 7.94. The number of nitrogens with one attached hydrogen (secondary N) is 1. The zero-order chi connectivity index (χ0) is 17.1. The Hall–Kier alpha value is -0.936. The third-order valence-corrected chi connectivity index (χ3v) is 12.9. The van der Waals surface area contributed by atoms with E-state index in [1.807, 2.05) is 0 Å². The van der Waals surface area contributed by atoms with Gasteiger partial charge in [0.05, 0.1) is 7.21 Å². The molecule has 5 heteroatoms. The van der Waals surface area contributed by atoms with E-state index in [1.165, 1.54) is 10.6 Å². The van der Waals surface area contributed by atoms with Gasteiger partial charge in [-0.15, -0.1) is 0 Å². The summed E-state index contributed by atoms with van der Waals surface area (Å²) in [5.74, 6) is 0. The molecule has 0 spiro atoms. The van der Waals surface area contributed by atoms with E-state index < -0.39 is 23.7 Å². The Morgan fingerprint density at radius 1 is 0.696 bits per heavy atom. The molecule has 0 fully saturated rings. The molecule has 0 aromatic heterocycles. The first-order chi connectivity index (χ1) is 10.6. The first kappa shape index (κ1) is 18.4. The topological polar surface area (TPSA) is 24.4 Å². The van der Waals surface area contributed by atoms with Gasteiger partial charge in [0.15, 0.2) is 8.24 Å². The third-order valence-electron chi connectivity index (χ3n) is 3.21. The Morgan fingerprint density at radius 2 is 1.09 bits per heavy atom. The number of benzene rings is 2. The lowest BCUT2D eigenvalue weighted by atomic mass is 10.4. The van der Waals surface area contributed by atoms with Crippen LogP contribution in [0.25, 0.3) is 0 Å². The average Bonchev–Trinajstić information content (AvgIpc) is 2.45. The fourth-order valence-electron chi connectivity index (χ4n) is 2.64. The molecule has 0 radical (unpaired) electrons. The van der Waals surface area contributed by atoms with Crippen LogP contribution in [0.2, 0.25) is 39.3 Å². The maximum Gasteiger partial charge on any atom is 0.172 e. The van der Waals surface area contributed by atoms with Crippen molar-refractivity contribution >= 4 is 34.3 Å². The standard InChI is InChI=1S/C18H29N2PSi2/c1-22(2,3)19-21(20-23(4,5)6,17-13-9-7-10-14-17)18-15-11-8-12-16-18/h7-16,19H,1-6H3. The minimum Gasteiger partial charge on any atom is -0.317 e. The first-order valence-corrected chi connectivity index (χ1v) is 16.9. The maximum atomic E-state index is 5.54. The smallest absolute Gasteiger partial charge is 0.172 e. The van der Waals surface area contributed by atoms with Crippen molar-refractivity contribution in [2.24, 2.45) is 4.41 Å². The zero-order valence-electron chi connectivity index (χ0n) is 15.2. The summed E-state index contributed by atoms with van der Waals surface area (Å²) in [5.41, 5.74) is 0. The number of hydrogen-bond donors (Lipinski definition) is 1. The van der Waals surface area contributed by atoms with Crippen molar-refractivity contribution in [2.45, 2.75) is 39.3 Å². The van der Waals surface area contributed by atoms with Crippen molar-refractivity contribution in [1.82, 2.24) is 4.75 Å². The Kier molecular flexibility index (Phi) is 5.52. The SMILES string of the molecule is C[Si](C)(C)N=P(N[Si](C)(C)C)(c1ccccc1)c1ccccc1. The highest BCUT2D eigenvalue weighted by Gasteiger charge is 2.32. The molecule has 124 valence electrons. The molecule has 2 rings (SSSR count). The van der Waals surface area contributed by atoms with E-state index in [1.54, 1.807) is 0 Å². The van der Waals surface area contributed by atoms with Crippen molar-refractivity contribution in [2.75, 3.05) is 0 Å². The lowest BCUT2D eigenvalue weighted by molar-refractivity contribution is 1.40. The van der Waals surface area contributed by atoms with Gasteiger partial charge in [-0.05, 0) is 0 Å². The van der Waals surface area contributed by atoms with Gasteiger partial charge in [-0.25, -0.2) is 0 Å². The second kappa shape index (κ2) is 6.90. The van der Waals surface area contributed by atoms with Crippen molar-refractivity contribution in [3.8, 4) is 0 Å². The van der Waals surface area contributed by atoms with Gasteiger partial charge in [0, 0.05) is 10.6 Å². The molecule has 0 bridgehead atoms. The van der Waals surface area contributed by atoms with Gasteiger partial charge in [0.2, 0.25) is 0 Å². The molecule has 0 aliphatic rings. The van der Waals surface area contributed by atoms with Crippen LogP contribution in [0.3, 0.4) is 0 Å². The zero-order valence-corrected chi connectivity index (χ0v) is 18.1. The van der Waals surface area contributed by atoms with Crippen LogP contribution >= 0.6 is 7.21 Å². The van der Waals surface area contributed by atoms with Crippen LogP contribution in [-0.2, 0) is 0 Å². The maximum absolute atomic E-state index is 5.54. The van der Waals surface area contributed by atoms with E-state index in [9.17, 15) is 0 Å². The Morgan fingerprint density at radius 3 is 1.39 bits per heavy atom. The van der Waals surface area contributed by atoms with E-state index in [2.05, 4.69) is 105 Å². The predicted octanol–water partition coefficient (Wildman–Crippen LogP) is 5.01. The van der Waals surface area contributed by atoms with Crippen molar-refractivity contribution in [3.05, 3.63) is 60.7 Å². The molecule has 1 N–H and O–H groups in total. The molecule has 0 saturated heterocycles. The van der Waals surface area contributed by atoms with Gasteiger partial charge in [-0.1, -0.05) is 99.9 Å². The van der Waals surface area contributed by atoms with E-state index in [0.717, 1.165) is 0 Å². The molecule has 0 saturated carbocycles. The Balaban J connectivity index is 2.82. The highest BCUT2D eigenvalue weighted by molar-refractivity contribution is 7.81. The minimum atomic E-state index is -1.95. The molecule has 0 amide bonds. The van der Waals surface area contributed by atoms with Crippen molar-refractivity contribution < 1.29 is 0 Å². The summed E-state index contributed by atoms with van der Waals surface area (Å²) in [6.45, 7) is 14.1. The Labute approximate surface area is 143 Å². The van der Waals surface area contributed by atoms with Crippen LogP contribution in [0.15, 0.2) is 65.1 Å². The largest absolute Gasteiger partial charge is 0.317 e. The van der Waals surface area contributed by atoms with Crippen LogP contribution in [-0.4, -0.2) is 16.5 Å². The molecule has 2 aromatic rings. The van der Waals surface area contributed by atoms with Gasteiger partial charge in [0.1, 0.15) is 8.24 Å². The van der Waals surface area contributed by atoms with E-state index in [0.29, 0.717) is 0 Å². The van der Waals surface area contributed by atoms with Crippen LogP contribution in [0.4, 0.5) is 0 Å². The molecule has 23 heavy (non-hydrogen) atoms. The summed E-state index contributed by atoms with van der Waals surface area (Å²) >= 11 is 0. The highest BCUT2D eigenvalue weighted by Crippen LogP contribution is 2.46. The second-order valence-corrected chi connectivity index (χ2v) is 20.8. The van der Waals surface area contributed by atoms with Crippen molar-refractivity contribution in [1.29, 1.82) is 0 Å². The monoisotopic (exact) mass is 360 g/mol. The normalized spacial score (nSPS) is 13.0. The molecule has 0 aliphatic carbocycles. The van der Waals surface area contributed by atoms with E-state index in [4.69, 9.17) is 4.41 Å². The molecule has 0 heterocycles. The third kappa shape index (κ3) is 5.02. The molecule has 0 atom stereocenters. The van der Waals surface area contributed by atoms with Crippen LogP contribution in [0.1, 0.15) is 0 Å². The van der Waals surface area contributed by atoms with Crippen LogP contribution in [0.5, 0.6) is 0 Å². The van der Waals surface area contributed by atoms with Crippen molar-refractivity contribution in [3.63, 3.8) is 0 Å². The lowest BCUT2D eigenvalue weighted by Crippen LogP contribution is -2.45. The van der Waals surface area contributed by atoms with Gasteiger partial charge < -0.3 is 4.41 Å². The fraction of sp³-hybridized carbons (Fsp3) is 0.333. The molecular weight excluding hydrogens is 331 g/mol. The number of hydrogen-bond acceptors (Lipinski definition) is 1. The predicted molar refractivity (Wildman–Crippen MR) is 111 cm³/mol. The first-order valence-electron chi connectivity index (χ1n) is 8.17. The lowest BCUT2D eigenvalue weighted by Gasteiger charge is -2.36. The molecule has 0 aliphatic heterocycles. The van der Waals surface area contributed by atoms with E-state index >= 15 is 0 Å². The van der Waals surface area contributed by atoms with Gasteiger partial charge >= 0.3 is 0 Å². The summed E-state index contributed by atoms with van der Waals surface area (Å²) in [5, 5.41) is 2.69. The minimum absolute atomic E-state index is 1.34. The number of nitrogens with zero attached hydrogens (tertiary/aromatic N) is 1. The quantitative estimate of drug-likeness (QED) is 0.588. The molecule has 2 nitrogen and oxygen atoms in total. The average molecular weight is 361 g/mol. The molecule has 2 aromatic carbocycles. The van der Waals surface area contributed by atoms with Gasteiger partial charge in [-0.2, -0.15) is 0 Å². The molecular formula is C18H29N2PSi2. The summed E-state index contributed by atoms with van der Waals surface area (Å²) < 4.78 is 9.62. The van der Waals surface area contributed by atoms with E-state index in [-0.39, 0.29) is 0 Å². The summed E-state index contributed by atoms with van der Waals surface area (Å²) in [4.78, 5) is 0. The highest BCUT2D eigenvalue weighted by atomic mass is 31.2. The number of rotatable bonds is 5. The summed E-state index contributed by atoms with van der Waals surface area (Å²) in [7, 11) is -5.10. The van der Waals surface area contributed by atoms with Gasteiger partial charge in [0.25, 0.3) is 0 Å². The molecule has 0 unspecified atom stereocenters. The van der Waals surface area contributed by atoms with Gasteiger partial charge in [-0.3, -0.25) is 4.75 Å². The van der Waals surface area contributed by atoms with Crippen LogP contribution in [0, 0.1) is 0 Å². The Bertz CT molecular complexity index is 643. The summed E-state index contributed by atoms with van der Waals surface area (Å²) in [6, 6.07) is 21.7. The van der Waals surface area contributed by atoms with Crippen LogP contribution < -0.4 is 15.4 Å².